The molecular formula is C17H25BrN2. The number of halogens is 1. The molecule has 1 aliphatic heterocycles. The van der Waals surface area contributed by atoms with Crippen LogP contribution >= 0.6 is 15.9 Å². The van der Waals surface area contributed by atoms with E-state index in [9.17, 15) is 0 Å². The van der Waals surface area contributed by atoms with Gasteiger partial charge in [-0.2, -0.15) is 0 Å². The smallest absolute Gasteiger partial charge is 0.0112 e. The molecule has 20 heavy (non-hydrogen) atoms. The summed E-state index contributed by atoms with van der Waals surface area (Å²) in [4.78, 5) is 5.31. The molecule has 3 rings (SSSR count). The van der Waals surface area contributed by atoms with Crippen molar-refractivity contribution in [2.75, 3.05) is 44.6 Å². The Balaban J connectivity index is 1.47. The topological polar surface area (TPSA) is 6.48 Å². The van der Waals surface area contributed by atoms with Crippen molar-refractivity contribution in [1.29, 1.82) is 0 Å². The van der Waals surface area contributed by atoms with Gasteiger partial charge in [0.05, 0.1) is 0 Å². The maximum Gasteiger partial charge on any atom is 0.0112 e. The van der Waals surface area contributed by atoms with Gasteiger partial charge in [0.1, 0.15) is 0 Å². The van der Waals surface area contributed by atoms with E-state index in [1.165, 1.54) is 57.7 Å². The predicted molar refractivity (Wildman–Crippen MR) is 88.6 cm³/mol. The standard InChI is InChI=1S/C17H25BrN2/c18-12-17(16-4-2-1-3-5-16)14-20-10-8-19(9-11-20)13-15-6-7-15/h1-5,15,17H,6-14H2. The first kappa shape index (κ1) is 14.6. The van der Waals surface area contributed by atoms with E-state index in [1.807, 2.05) is 0 Å². The fourth-order valence-electron chi connectivity index (χ4n) is 3.10. The van der Waals surface area contributed by atoms with Gasteiger partial charge in [0.2, 0.25) is 0 Å². The Hall–Kier alpha value is -0.380. The van der Waals surface area contributed by atoms with Crippen molar-refractivity contribution in [2.24, 2.45) is 5.92 Å². The average Bonchev–Trinajstić information content (AvgIpc) is 3.31. The molecule has 0 spiro atoms. The summed E-state index contributed by atoms with van der Waals surface area (Å²) in [5.41, 5.74) is 1.46. The summed E-state index contributed by atoms with van der Waals surface area (Å²) in [6.07, 6.45) is 2.94. The van der Waals surface area contributed by atoms with Gasteiger partial charge < -0.3 is 9.80 Å². The summed E-state index contributed by atoms with van der Waals surface area (Å²) in [5, 5.41) is 1.05. The van der Waals surface area contributed by atoms with Gasteiger partial charge in [-0.15, -0.1) is 0 Å². The van der Waals surface area contributed by atoms with Crippen LogP contribution in [0.3, 0.4) is 0 Å². The van der Waals surface area contributed by atoms with Crippen LogP contribution in [0.1, 0.15) is 24.3 Å². The van der Waals surface area contributed by atoms with Gasteiger partial charge in [0.25, 0.3) is 0 Å². The summed E-state index contributed by atoms with van der Waals surface area (Å²) >= 11 is 3.70. The molecule has 1 atom stereocenters. The molecule has 0 amide bonds. The maximum atomic E-state index is 3.70. The summed E-state index contributed by atoms with van der Waals surface area (Å²) in [7, 11) is 0. The molecular weight excluding hydrogens is 312 g/mol. The number of nitrogens with zero attached hydrogens (tertiary/aromatic N) is 2. The second kappa shape index (κ2) is 7.06. The van der Waals surface area contributed by atoms with E-state index in [2.05, 4.69) is 56.1 Å². The Morgan fingerprint density at radius 3 is 2.25 bits per heavy atom. The molecule has 2 aliphatic rings. The quantitative estimate of drug-likeness (QED) is 0.736. The van der Waals surface area contributed by atoms with Crippen molar-refractivity contribution in [3.63, 3.8) is 0 Å². The van der Waals surface area contributed by atoms with E-state index in [4.69, 9.17) is 0 Å². The lowest BCUT2D eigenvalue weighted by molar-refractivity contribution is 0.125. The molecule has 1 saturated heterocycles. The van der Waals surface area contributed by atoms with Crippen LogP contribution in [0.4, 0.5) is 0 Å². The third-order valence-corrected chi connectivity index (χ3v) is 5.40. The second-order valence-electron chi connectivity index (χ2n) is 6.31. The lowest BCUT2D eigenvalue weighted by atomic mass is 10.0. The van der Waals surface area contributed by atoms with Gasteiger partial charge in [-0.1, -0.05) is 46.3 Å². The van der Waals surface area contributed by atoms with E-state index in [1.54, 1.807) is 0 Å². The number of hydrogen-bond acceptors (Lipinski definition) is 2. The lowest BCUT2D eigenvalue weighted by Gasteiger charge is -2.36. The highest BCUT2D eigenvalue weighted by molar-refractivity contribution is 9.09. The van der Waals surface area contributed by atoms with Crippen LogP contribution < -0.4 is 0 Å². The Morgan fingerprint density at radius 2 is 1.65 bits per heavy atom. The monoisotopic (exact) mass is 336 g/mol. The Bertz CT molecular complexity index is 397. The summed E-state index contributed by atoms with van der Waals surface area (Å²) < 4.78 is 0. The highest BCUT2D eigenvalue weighted by atomic mass is 79.9. The van der Waals surface area contributed by atoms with Crippen LogP contribution in [0.25, 0.3) is 0 Å². The Labute approximate surface area is 131 Å². The molecule has 1 aromatic rings. The van der Waals surface area contributed by atoms with Crippen molar-refractivity contribution in [1.82, 2.24) is 9.80 Å². The zero-order valence-corrected chi connectivity index (χ0v) is 13.8. The number of benzene rings is 1. The van der Waals surface area contributed by atoms with E-state index in [0.29, 0.717) is 5.92 Å². The van der Waals surface area contributed by atoms with E-state index >= 15 is 0 Å². The third kappa shape index (κ3) is 4.06. The fraction of sp³-hybridized carbons (Fsp3) is 0.647. The first-order chi connectivity index (χ1) is 9.85. The van der Waals surface area contributed by atoms with Gasteiger partial charge in [-0.3, -0.25) is 0 Å². The van der Waals surface area contributed by atoms with Crippen LogP contribution in [0.2, 0.25) is 0 Å². The van der Waals surface area contributed by atoms with Gasteiger partial charge in [-0.25, -0.2) is 0 Å². The van der Waals surface area contributed by atoms with Crippen LogP contribution in [0, 0.1) is 5.92 Å². The van der Waals surface area contributed by atoms with Gasteiger partial charge >= 0.3 is 0 Å². The maximum absolute atomic E-state index is 3.70. The molecule has 3 heteroatoms. The number of hydrogen-bond donors (Lipinski definition) is 0. The molecule has 0 aromatic heterocycles. The molecule has 1 aliphatic carbocycles. The van der Waals surface area contributed by atoms with Gasteiger partial charge in [0, 0.05) is 50.5 Å². The minimum Gasteiger partial charge on any atom is -0.301 e. The number of alkyl halides is 1. The minimum absolute atomic E-state index is 0.617. The molecule has 110 valence electrons. The highest BCUT2D eigenvalue weighted by Gasteiger charge is 2.27. The molecule has 1 saturated carbocycles. The zero-order chi connectivity index (χ0) is 13.8. The van der Waals surface area contributed by atoms with Crippen molar-refractivity contribution in [2.45, 2.75) is 18.8 Å². The first-order valence-corrected chi connectivity index (χ1v) is 9.03. The van der Waals surface area contributed by atoms with Crippen molar-refractivity contribution in [3.05, 3.63) is 35.9 Å². The Kier molecular flexibility index (Phi) is 5.14. The fourth-order valence-corrected chi connectivity index (χ4v) is 3.68. The molecule has 0 bridgehead atoms. The molecule has 1 aromatic carbocycles. The second-order valence-corrected chi connectivity index (χ2v) is 6.95. The zero-order valence-electron chi connectivity index (χ0n) is 12.2. The predicted octanol–water partition coefficient (Wildman–Crippen LogP) is 3.19. The number of piperazine rings is 1. The van der Waals surface area contributed by atoms with Crippen LogP contribution in [0.5, 0.6) is 0 Å². The largest absolute Gasteiger partial charge is 0.301 e. The third-order valence-electron chi connectivity index (χ3n) is 4.61. The van der Waals surface area contributed by atoms with Crippen LogP contribution in [-0.2, 0) is 0 Å². The van der Waals surface area contributed by atoms with Crippen molar-refractivity contribution in [3.8, 4) is 0 Å². The molecule has 2 fully saturated rings. The Morgan fingerprint density at radius 1 is 1.00 bits per heavy atom. The lowest BCUT2D eigenvalue weighted by Crippen LogP contribution is -2.48. The van der Waals surface area contributed by atoms with E-state index in [-0.39, 0.29) is 0 Å². The molecule has 0 radical (unpaired) electrons. The molecule has 0 N–H and O–H groups in total. The van der Waals surface area contributed by atoms with E-state index in [0.717, 1.165) is 11.2 Å². The summed E-state index contributed by atoms with van der Waals surface area (Å²) in [5.74, 6) is 1.65. The first-order valence-electron chi connectivity index (χ1n) is 7.91. The summed E-state index contributed by atoms with van der Waals surface area (Å²) in [6, 6.07) is 10.9. The van der Waals surface area contributed by atoms with Crippen LogP contribution in [0.15, 0.2) is 30.3 Å². The number of rotatable bonds is 6. The average molecular weight is 337 g/mol. The molecule has 1 unspecified atom stereocenters. The highest BCUT2D eigenvalue weighted by Crippen LogP contribution is 2.30. The van der Waals surface area contributed by atoms with Crippen LogP contribution in [-0.4, -0.2) is 54.4 Å². The van der Waals surface area contributed by atoms with E-state index < -0.39 is 0 Å². The van der Waals surface area contributed by atoms with Crippen molar-refractivity contribution >= 4 is 15.9 Å². The molecule has 1 heterocycles. The molecule has 2 nitrogen and oxygen atoms in total. The van der Waals surface area contributed by atoms with Gasteiger partial charge in [0.15, 0.2) is 0 Å². The summed E-state index contributed by atoms with van der Waals surface area (Å²) in [6.45, 7) is 7.55. The SMILES string of the molecule is BrCC(CN1CCN(CC2CC2)CC1)c1ccccc1. The van der Waals surface area contributed by atoms with Gasteiger partial charge in [-0.05, 0) is 24.3 Å². The normalized spacial score (nSPS) is 22.9. The van der Waals surface area contributed by atoms with Crippen molar-refractivity contribution < 1.29 is 0 Å². The minimum atomic E-state index is 0.617.